The van der Waals surface area contributed by atoms with Crippen LogP contribution in [0.25, 0.3) is 116 Å². The fourth-order valence-electron chi connectivity index (χ4n) is 11.1. The van der Waals surface area contributed by atoms with Crippen LogP contribution in [0.15, 0.2) is 168 Å². The first-order valence-corrected chi connectivity index (χ1v) is 26.3. The molecule has 12 rings (SSSR count). The molecule has 370 valence electrons. The van der Waals surface area contributed by atoms with Gasteiger partial charge in [0.1, 0.15) is 11.2 Å². The minimum absolute atomic E-state index is 0.0723. The van der Waals surface area contributed by atoms with E-state index in [4.69, 9.17) is 14.4 Å². The summed E-state index contributed by atoms with van der Waals surface area (Å²) in [6.45, 7) is 36.6. The first-order valence-electron chi connectivity index (χ1n) is 26.3. The molecule has 0 spiro atoms. The first-order chi connectivity index (χ1) is 35.7. The van der Waals surface area contributed by atoms with Gasteiger partial charge in [0.15, 0.2) is 5.82 Å². The van der Waals surface area contributed by atoms with Crippen LogP contribution in [0.2, 0.25) is 0 Å². The van der Waals surface area contributed by atoms with Crippen molar-refractivity contribution in [3.63, 3.8) is 0 Å². The number of benzene rings is 8. The Morgan fingerprint density at radius 3 is 1.27 bits per heavy atom. The van der Waals surface area contributed by atoms with Crippen molar-refractivity contribution in [1.29, 1.82) is 0 Å². The summed E-state index contributed by atoms with van der Waals surface area (Å²) in [6, 6.07) is 58.8. The van der Waals surface area contributed by atoms with Crippen molar-refractivity contribution in [2.75, 3.05) is 0 Å². The molecule has 12 aromatic rings. The summed E-state index contributed by atoms with van der Waals surface area (Å²) in [5.74, 6) is 0.620. The number of hydrogen-bond donors (Lipinski definition) is 0. The number of fused-ring (bicyclic) bond motifs is 9. The Bertz CT molecular complexity index is 4120. The molecule has 0 aliphatic carbocycles. The Labute approximate surface area is 440 Å². The van der Waals surface area contributed by atoms with Crippen LogP contribution in [-0.4, -0.2) is 19.1 Å². The summed E-state index contributed by atoms with van der Waals surface area (Å²) in [6.07, 6.45) is 0. The molecule has 0 aliphatic rings. The Kier molecular flexibility index (Phi) is 10.7. The van der Waals surface area contributed by atoms with Crippen LogP contribution >= 0.6 is 0 Å². The molecule has 0 unspecified atom stereocenters. The van der Waals surface area contributed by atoms with Gasteiger partial charge >= 0.3 is 0 Å². The highest BCUT2D eigenvalue weighted by Crippen LogP contribution is 2.50. The summed E-state index contributed by atoms with van der Waals surface area (Å²) in [4.78, 5) is 15.0. The zero-order chi connectivity index (χ0) is 52.5. The van der Waals surface area contributed by atoms with Crippen molar-refractivity contribution < 1.29 is 4.42 Å². The van der Waals surface area contributed by atoms with Gasteiger partial charge in [0, 0.05) is 49.0 Å². The summed E-state index contributed by atoms with van der Waals surface area (Å²) in [5.41, 5.74) is 16.6. The van der Waals surface area contributed by atoms with Gasteiger partial charge in [-0.2, -0.15) is 0 Å². The number of furan rings is 1. The lowest BCUT2D eigenvalue weighted by Crippen LogP contribution is -2.10. The lowest BCUT2D eigenvalue weighted by molar-refractivity contribution is 0.590. The summed E-state index contributed by atoms with van der Waals surface area (Å²) in [7, 11) is 0. The molecule has 0 saturated carbocycles. The third kappa shape index (κ3) is 7.91. The van der Waals surface area contributed by atoms with Gasteiger partial charge in [-0.3, -0.25) is 0 Å². The highest BCUT2D eigenvalue weighted by Gasteiger charge is 2.29. The van der Waals surface area contributed by atoms with E-state index in [1.54, 1.807) is 0 Å². The molecular formula is C69H63N5O. The van der Waals surface area contributed by atoms with E-state index in [0.717, 1.165) is 83.1 Å². The fourth-order valence-corrected chi connectivity index (χ4v) is 11.1. The molecule has 8 aromatic carbocycles. The minimum atomic E-state index is -0.0758. The standard InChI is InChI=1S/C69H63N5O/c1-66(2,3)43-27-31-55-49(35-43)50-36-44(67(4,5)6)28-32-56(50)73(55)59-40-60(74-57-33-29-45(68(7,8)9)37-51(57)52-38-46(69(10,11)12)30-34-58(52)74)62(70-13)64-61(59)48-26-20-25-47(63(48)75-64)54-39-53(41-21-16-14-17-22-41)71-65(72-54)42-23-18-15-19-24-42/h14-40H,1-12H3. The molecule has 6 nitrogen and oxygen atoms in total. The summed E-state index contributed by atoms with van der Waals surface area (Å²) >= 11 is 0. The quantitative estimate of drug-likeness (QED) is 0.162. The van der Waals surface area contributed by atoms with Crippen LogP contribution in [0, 0.1) is 6.57 Å². The Morgan fingerprint density at radius 2 is 0.827 bits per heavy atom. The topological polar surface area (TPSA) is 53.1 Å². The molecular weight excluding hydrogens is 915 g/mol. The maximum absolute atomic E-state index is 9.25. The van der Waals surface area contributed by atoms with E-state index < -0.39 is 0 Å². The number of nitrogens with zero attached hydrogens (tertiary/aromatic N) is 5. The molecule has 0 aliphatic heterocycles. The second-order valence-corrected chi connectivity index (χ2v) is 24.7. The van der Waals surface area contributed by atoms with Crippen LogP contribution in [0.1, 0.15) is 105 Å². The van der Waals surface area contributed by atoms with E-state index >= 15 is 0 Å². The molecule has 4 heterocycles. The molecule has 0 saturated heterocycles. The van der Waals surface area contributed by atoms with E-state index in [9.17, 15) is 6.57 Å². The van der Waals surface area contributed by atoms with Crippen LogP contribution in [0.5, 0.6) is 0 Å². The van der Waals surface area contributed by atoms with Crippen molar-refractivity contribution in [3.8, 4) is 45.3 Å². The highest BCUT2D eigenvalue weighted by atomic mass is 16.3. The van der Waals surface area contributed by atoms with Gasteiger partial charge in [-0.05, 0) is 111 Å². The fraction of sp³-hybridized carbons (Fsp3) is 0.232. The van der Waals surface area contributed by atoms with E-state index in [1.807, 2.05) is 36.4 Å². The zero-order valence-corrected chi connectivity index (χ0v) is 45.2. The predicted octanol–water partition coefficient (Wildman–Crippen LogP) is 19.3. The normalized spacial score (nSPS) is 12.8. The number of rotatable bonds is 5. The van der Waals surface area contributed by atoms with E-state index in [1.165, 1.54) is 33.0 Å². The maximum Gasteiger partial charge on any atom is 0.252 e. The van der Waals surface area contributed by atoms with E-state index in [-0.39, 0.29) is 21.7 Å². The Balaban J connectivity index is 1.25. The van der Waals surface area contributed by atoms with E-state index in [2.05, 4.69) is 224 Å². The number of hydrogen-bond acceptors (Lipinski definition) is 3. The van der Waals surface area contributed by atoms with Crippen LogP contribution in [-0.2, 0) is 21.7 Å². The van der Waals surface area contributed by atoms with Gasteiger partial charge in [0.25, 0.3) is 5.69 Å². The average molecular weight is 978 g/mol. The summed E-state index contributed by atoms with van der Waals surface area (Å²) in [5, 5.41) is 6.44. The minimum Gasteiger partial charge on any atom is -0.466 e. The lowest BCUT2D eigenvalue weighted by atomic mass is 9.85. The molecule has 0 fully saturated rings. The SMILES string of the molecule is [C-]#[N+]c1c(-n2c3ccc(C(C)(C)C)cc3c3cc(C(C)(C)C)ccc32)cc(-n2c3ccc(C(C)(C)C)cc3c3cc(C(C)(C)C)ccc32)c2c1oc1c(-c3cc(-c4ccccc4)nc(-c4ccccc4)n3)cccc12. The van der Waals surface area contributed by atoms with Crippen LogP contribution in [0.3, 0.4) is 0 Å². The van der Waals surface area contributed by atoms with Crippen molar-refractivity contribution in [2.45, 2.75) is 105 Å². The molecule has 0 N–H and O–H groups in total. The Hall–Kier alpha value is -8.27. The first kappa shape index (κ1) is 47.7. The molecule has 6 heteroatoms. The molecule has 0 bridgehead atoms. The number of para-hydroxylation sites is 1. The summed E-state index contributed by atoms with van der Waals surface area (Å²) < 4.78 is 12.2. The maximum atomic E-state index is 9.25. The molecule has 0 atom stereocenters. The van der Waals surface area contributed by atoms with Gasteiger partial charge < -0.3 is 13.6 Å². The number of aromatic nitrogens is 4. The molecule has 0 amide bonds. The predicted molar refractivity (Wildman–Crippen MR) is 315 cm³/mol. The van der Waals surface area contributed by atoms with Crippen molar-refractivity contribution in [3.05, 3.63) is 197 Å². The third-order valence-electron chi connectivity index (χ3n) is 15.4. The smallest absolute Gasteiger partial charge is 0.252 e. The largest absolute Gasteiger partial charge is 0.466 e. The second-order valence-electron chi connectivity index (χ2n) is 24.7. The van der Waals surface area contributed by atoms with Gasteiger partial charge in [0.2, 0.25) is 0 Å². The molecule has 4 aromatic heterocycles. The Morgan fingerprint density at radius 1 is 0.400 bits per heavy atom. The van der Waals surface area contributed by atoms with Gasteiger partial charge in [0.05, 0.1) is 51.4 Å². The lowest BCUT2D eigenvalue weighted by Gasteiger charge is -2.20. The molecule has 0 radical (unpaired) electrons. The van der Waals surface area contributed by atoms with Crippen molar-refractivity contribution >= 4 is 71.2 Å². The van der Waals surface area contributed by atoms with E-state index in [0.29, 0.717) is 22.7 Å². The average Bonchev–Trinajstić information content (AvgIpc) is 4.05. The van der Waals surface area contributed by atoms with Crippen molar-refractivity contribution in [1.82, 2.24) is 19.1 Å². The third-order valence-corrected chi connectivity index (χ3v) is 15.4. The van der Waals surface area contributed by atoms with Gasteiger partial charge in [-0.1, -0.05) is 180 Å². The molecule has 75 heavy (non-hydrogen) atoms. The van der Waals surface area contributed by atoms with Crippen molar-refractivity contribution in [2.24, 2.45) is 0 Å². The zero-order valence-electron chi connectivity index (χ0n) is 45.2. The monoisotopic (exact) mass is 978 g/mol. The van der Waals surface area contributed by atoms with Crippen LogP contribution < -0.4 is 0 Å². The van der Waals surface area contributed by atoms with Gasteiger partial charge in [-0.15, -0.1) is 0 Å². The van der Waals surface area contributed by atoms with Crippen LogP contribution in [0.4, 0.5) is 5.69 Å². The van der Waals surface area contributed by atoms with Gasteiger partial charge in [-0.25, -0.2) is 14.8 Å². The highest BCUT2D eigenvalue weighted by molar-refractivity contribution is 6.20. The second kappa shape index (κ2) is 16.9.